The van der Waals surface area contributed by atoms with Gasteiger partial charge in [0.05, 0.1) is 13.2 Å². The van der Waals surface area contributed by atoms with E-state index in [0.717, 1.165) is 22.4 Å². The van der Waals surface area contributed by atoms with Gasteiger partial charge in [-0.15, -0.1) is 0 Å². The van der Waals surface area contributed by atoms with Gasteiger partial charge in [0, 0.05) is 9.30 Å². The molecule has 0 fully saturated rings. The second-order valence-corrected chi connectivity index (χ2v) is 6.31. The molecule has 0 amide bonds. The van der Waals surface area contributed by atoms with Gasteiger partial charge in [0.25, 0.3) is 0 Å². The second kappa shape index (κ2) is 8.15. The van der Waals surface area contributed by atoms with E-state index in [9.17, 15) is 0 Å². The highest BCUT2D eigenvalue weighted by Crippen LogP contribution is 2.42. The zero-order chi connectivity index (χ0) is 14.4. The summed E-state index contributed by atoms with van der Waals surface area (Å²) in [4.78, 5) is 0.307. The van der Waals surface area contributed by atoms with Gasteiger partial charge in [-0.25, -0.2) is 0 Å². The Morgan fingerprint density at radius 2 is 1.58 bits per heavy atom. The van der Waals surface area contributed by atoms with Crippen LogP contribution in [0.25, 0.3) is 0 Å². The first kappa shape index (κ1) is 16.8. The fourth-order valence-corrected chi connectivity index (χ4v) is 3.44. The molecule has 0 bridgehead atoms. The minimum absolute atomic E-state index is 0.307. The van der Waals surface area contributed by atoms with Crippen LogP contribution in [-0.4, -0.2) is 13.2 Å². The molecule has 0 heterocycles. The van der Waals surface area contributed by atoms with Gasteiger partial charge in [-0.3, -0.25) is 0 Å². The van der Waals surface area contributed by atoms with Gasteiger partial charge >= 0.3 is 0 Å². The molecule has 1 aromatic carbocycles. The van der Waals surface area contributed by atoms with Crippen molar-refractivity contribution >= 4 is 31.9 Å². The van der Waals surface area contributed by atoms with Crippen molar-refractivity contribution in [1.29, 1.82) is 0 Å². The Balaban J connectivity index is 3.15. The number of ether oxygens (including phenoxy) is 2. The predicted octanol–water partition coefficient (Wildman–Crippen LogP) is 5.73. The average Bonchev–Trinajstić information content (AvgIpc) is 2.40. The summed E-state index contributed by atoms with van der Waals surface area (Å²) in [6.07, 6.45) is 1.12. The molecule has 0 aliphatic heterocycles. The van der Waals surface area contributed by atoms with Crippen LogP contribution >= 0.6 is 31.9 Å². The van der Waals surface area contributed by atoms with Crippen LogP contribution in [0.4, 0.5) is 0 Å². The van der Waals surface area contributed by atoms with Gasteiger partial charge in [-0.05, 0) is 37.5 Å². The van der Waals surface area contributed by atoms with E-state index in [2.05, 4.69) is 51.8 Å². The summed E-state index contributed by atoms with van der Waals surface area (Å²) in [5.74, 6) is 2.17. The minimum atomic E-state index is 0.307. The van der Waals surface area contributed by atoms with Crippen molar-refractivity contribution < 1.29 is 9.47 Å². The Morgan fingerprint density at radius 3 is 2.05 bits per heavy atom. The van der Waals surface area contributed by atoms with Crippen LogP contribution in [0.2, 0.25) is 0 Å². The maximum Gasteiger partial charge on any atom is 0.162 e. The number of rotatable bonds is 7. The number of hydrogen-bond acceptors (Lipinski definition) is 2. The van der Waals surface area contributed by atoms with Crippen LogP contribution in [0.15, 0.2) is 16.6 Å². The molecule has 4 heteroatoms. The average molecular weight is 394 g/mol. The quantitative estimate of drug-likeness (QED) is 0.550. The number of alkyl halides is 1. The molecule has 0 aliphatic carbocycles. The van der Waals surface area contributed by atoms with Crippen LogP contribution in [0, 0.1) is 5.92 Å². The summed E-state index contributed by atoms with van der Waals surface area (Å²) >= 11 is 7.42. The predicted molar refractivity (Wildman–Crippen MR) is 87.6 cm³/mol. The van der Waals surface area contributed by atoms with Crippen LogP contribution in [0.3, 0.4) is 0 Å². The molecule has 0 saturated heterocycles. The molecule has 0 saturated carbocycles. The SMILES string of the molecule is CCOc1cc(Br)c(C(Br)C(C)CC)cc1OCC. The Morgan fingerprint density at radius 1 is 1.05 bits per heavy atom. The zero-order valence-corrected chi connectivity index (χ0v) is 15.2. The first-order valence-corrected chi connectivity index (χ1v) is 8.49. The van der Waals surface area contributed by atoms with E-state index in [1.54, 1.807) is 0 Å². The highest BCUT2D eigenvalue weighted by molar-refractivity contribution is 9.11. The van der Waals surface area contributed by atoms with E-state index in [4.69, 9.17) is 9.47 Å². The standard InChI is InChI=1S/C15H22Br2O2/c1-5-10(4)15(17)11-8-13(18-6-2)14(19-7-3)9-12(11)16/h8-10,15H,5-7H2,1-4H3. The van der Waals surface area contributed by atoms with Crippen molar-refractivity contribution in [2.45, 2.75) is 38.9 Å². The molecule has 0 aliphatic rings. The molecule has 19 heavy (non-hydrogen) atoms. The molecule has 2 unspecified atom stereocenters. The third kappa shape index (κ3) is 4.38. The van der Waals surface area contributed by atoms with Gasteiger partial charge in [-0.1, -0.05) is 52.1 Å². The highest BCUT2D eigenvalue weighted by atomic mass is 79.9. The molecule has 0 aromatic heterocycles. The van der Waals surface area contributed by atoms with Gasteiger partial charge in [-0.2, -0.15) is 0 Å². The fraction of sp³-hybridized carbons (Fsp3) is 0.600. The van der Waals surface area contributed by atoms with Crippen molar-refractivity contribution in [2.24, 2.45) is 5.92 Å². The van der Waals surface area contributed by atoms with E-state index in [-0.39, 0.29) is 0 Å². The summed E-state index contributed by atoms with van der Waals surface area (Å²) in [5, 5.41) is 0. The van der Waals surface area contributed by atoms with Crippen molar-refractivity contribution in [1.82, 2.24) is 0 Å². The Labute approximate surface area is 133 Å². The van der Waals surface area contributed by atoms with E-state index in [1.807, 2.05) is 19.9 Å². The molecule has 2 nitrogen and oxygen atoms in total. The molecule has 2 atom stereocenters. The molecule has 0 N–H and O–H groups in total. The largest absolute Gasteiger partial charge is 0.490 e. The first-order valence-electron chi connectivity index (χ1n) is 6.78. The van der Waals surface area contributed by atoms with Crippen LogP contribution in [-0.2, 0) is 0 Å². The van der Waals surface area contributed by atoms with Gasteiger partial charge in [0.2, 0.25) is 0 Å². The van der Waals surface area contributed by atoms with Crippen LogP contribution in [0.1, 0.15) is 44.5 Å². The van der Waals surface area contributed by atoms with Gasteiger partial charge in [0.1, 0.15) is 0 Å². The van der Waals surface area contributed by atoms with Crippen molar-refractivity contribution in [3.63, 3.8) is 0 Å². The molecule has 0 spiro atoms. The molecule has 1 aromatic rings. The normalized spacial score (nSPS) is 14.0. The van der Waals surface area contributed by atoms with Crippen LogP contribution < -0.4 is 9.47 Å². The maximum absolute atomic E-state index is 5.68. The lowest BCUT2D eigenvalue weighted by molar-refractivity contribution is 0.287. The third-order valence-corrected chi connectivity index (χ3v) is 5.19. The van der Waals surface area contributed by atoms with E-state index in [0.29, 0.717) is 24.0 Å². The smallest absolute Gasteiger partial charge is 0.162 e. The molecular formula is C15H22Br2O2. The summed E-state index contributed by atoms with van der Waals surface area (Å²) in [7, 11) is 0. The van der Waals surface area contributed by atoms with Crippen molar-refractivity contribution in [2.75, 3.05) is 13.2 Å². The topological polar surface area (TPSA) is 18.5 Å². The number of benzene rings is 1. The van der Waals surface area contributed by atoms with Crippen molar-refractivity contribution in [3.8, 4) is 11.5 Å². The summed E-state index contributed by atoms with van der Waals surface area (Å²) in [6, 6.07) is 4.07. The summed E-state index contributed by atoms with van der Waals surface area (Å²) < 4.78 is 12.4. The monoisotopic (exact) mass is 392 g/mol. The van der Waals surface area contributed by atoms with E-state index < -0.39 is 0 Å². The lowest BCUT2D eigenvalue weighted by atomic mass is 9.98. The lowest BCUT2D eigenvalue weighted by Crippen LogP contribution is -2.05. The van der Waals surface area contributed by atoms with Crippen molar-refractivity contribution in [3.05, 3.63) is 22.2 Å². The van der Waals surface area contributed by atoms with E-state index in [1.165, 1.54) is 5.56 Å². The fourth-order valence-electron chi connectivity index (χ4n) is 1.81. The van der Waals surface area contributed by atoms with E-state index >= 15 is 0 Å². The second-order valence-electron chi connectivity index (χ2n) is 4.47. The van der Waals surface area contributed by atoms with Gasteiger partial charge < -0.3 is 9.47 Å². The maximum atomic E-state index is 5.68. The zero-order valence-electron chi connectivity index (χ0n) is 12.0. The molecule has 0 radical (unpaired) electrons. The Kier molecular flexibility index (Phi) is 7.22. The Hall–Kier alpha value is -0.220. The molecule has 1 rings (SSSR count). The minimum Gasteiger partial charge on any atom is -0.490 e. The molecular weight excluding hydrogens is 372 g/mol. The Bertz CT molecular complexity index is 407. The first-order chi connectivity index (χ1) is 9.04. The van der Waals surface area contributed by atoms with Gasteiger partial charge in [0.15, 0.2) is 11.5 Å². The van der Waals surface area contributed by atoms with Crippen LogP contribution in [0.5, 0.6) is 11.5 Å². The summed E-state index contributed by atoms with van der Waals surface area (Å²) in [5.41, 5.74) is 1.21. The number of hydrogen-bond donors (Lipinski definition) is 0. The molecule has 108 valence electrons. The lowest BCUT2D eigenvalue weighted by Gasteiger charge is -2.21. The number of halogens is 2. The third-order valence-electron chi connectivity index (χ3n) is 3.10. The summed E-state index contributed by atoms with van der Waals surface area (Å²) in [6.45, 7) is 9.67. The highest BCUT2D eigenvalue weighted by Gasteiger charge is 2.20.